The number of nitrogens with one attached hydrogen (secondary N) is 1. The minimum Gasteiger partial charge on any atom is -0.396 e. The first-order chi connectivity index (χ1) is 11.1. The van der Waals surface area contributed by atoms with Crippen LogP contribution in [0.3, 0.4) is 0 Å². The Morgan fingerprint density at radius 3 is 2.48 bits per heavy atom. The Hall–Kier alpha value is -1.21. The third-order valence-electron chi connectivity index (χ3n) is 5.19. The van der Waals surface area contributed by atoms with Crippen molar-refractivity contribution >= 4 is 22.5 Å². The Kier molecular flexibility index (Phi) is 6.35. The highest BCUT2D eigenvalue weighted by molar-refractivity contribution is 7.15. The highest BCUT2D eigenvalue weighted by Crippen LogP contribution is 2.34. The molecule has 0 bridgehead atoms. The summed E-state index contributed by atoms with van der Waals surface area (Å²) < 4.78 is 0. The number of likely N-dealkylation sites (tertiary alicyclic amines) is 1. The van der Waals surface area contributed by atoms with Gasteiger partial charge < -0.3 is 10.0 Å². The van der Waals surface area contributed by atoms with Crippen molar-refractivity contribution in [2.75, 3.05) is 25.0 Å². The normalized spacial score (nSPS) is 17.5. The molecule has 130 valence electrons. The van der Waals surface area contributed by atoms with E-state index in [0.717, 1.165) is 37.1 Å². The number of amides is 2. The minimum absolute atomic E-state index is 0.0117. The van der Waals surface area contributed by atoms with Gasteiger partial charge in [0.1, 0.15) is 5.01 Å². The molecule has 7 heteroatoms. The lowest BCUT2D eigenvalue weighted by atomic mass is 9.77. The molecule has 0 aromatic carbocycles. The number of aromatic nitrogens is 2. The van der Waals surface area contributed by atoms with Gasteiger partial charge in [-0.25, -0.2) is 4.79 Å². The smallest absolute Gasteiger partial charge is 0.323 e. The first-order valence-electron chi connectivity index (χ1n) is 8.57. The Morgan fingerprint density at radius 2 is 1.96 bits per heavy atom. The fourth-order valence-electron chi connectivity index (χ4n) is 3.07. The predicted molar refractivity (Wildman–Crippen MR) is 92.9 cm³/mol. The van der Waals surface area contributed by atoms with Gasteiger partial charge in [0, 0.05) is 25.6 Å². The molecule has 1 aliphatic heterocycles. The van der Waals surface area contributed by atoms with Crippen LogP contribution in [-0.2, 0) is 0 Å². The van der Waals surface area contributed by atoms with E-state index in [1.807, 2.05) is 4.90 Å². The molecule has 2 heterocycles. The van der Waals surface area contributed by atoms with Crippen molar-refractivity contribution in [1.29, 1.82) is 0 Å². The molecule has 23 heavy (non-hydrogen) atoms. The average Bonchev–Trinajstić information content (AvgIpc) is 3.04. The van der Waals surface area contributed by atoms with Crippen LogP contribution in [0.25, 0.3) is 0 Å². The van der Waals surface area contributed by atoms with Gasteiger partial charge in [0.25, 0.3) is 0 Å². The van der Waals surface area contributed by atoms with E-state index in [1.54, 1.807) is 0 Å². The zero-order valence-electron chi connectivity index (χ0n) is 14.3. The van der Waals surface area contributed by atoms with Gasteiger partial charge in [0.15, 0.2) is 0 Å². The van der Waals surface area contributed by atoms with E-state index in [1.165, 1.54) is 11.3 Å². The van der Waals surface area contributed by atoms with E-state index in [9.17, 15) is 9.90 Å². The quantitative estimate of drug-likeness (QED) is 0.831. The van der Waals surface area contributed by atoms with Gasteiger partial charge in [-0.1, -0.05) is 32.1 Å². The number of hydrogen-bond donors (Lipinski definition) is 2. The molecule has 0 atom stereocenters. The number of rotatable bonds is 6. The van der Waals surface area contributed by atoms with Crippen molar-refractivity contribution in [3.63, 3.8) is 0 Å². The van der Waals surface area contributed by atoms with E-state index in [4.69, 9.17) is 0 Å². The molecule has 1 fully saturated rings. The van der Waals surface area contributed by atoms with Crippen LogP contribution in [0.5, 0.6) is 0 Å². The van der Waals surface area contributed by atoms with Crippen LogP contribution < -0.4 is 5.32 Å². The number of hydrogen-bond acceptors (Lipinski definition) is 5. The standard InChI is InChI=1S/C16H28N4O2S/c1-4-12(5-2)13-18-19-14(23-13)17-15(22)20-9-7-16(6-3,11-21)8-10-20/h12,21H,4-11H2,1-3H3,(H,17,19,22). The molecule has 0 unspecified atom stereocenters. The fraction of sp³-hybridized carbons (Fsp3) is 0.812. The zero-order valence-corrected chi connectivity index (χ0v) is 15.2. The van der Waals surface area contributed by atoms with Crippen LogP contribution in [0, 0.1) is 5.41 Å². The second-order valence-electron chi connectivity index (χ2n) is 6.39. The first-order valence-corrected chi connectivity index (χ1v) is 9.39. The van der Waals surface area contributed by atoms with E-state index in [0.29, 0.717) is 24.1 Å². The first kappa shape index (κ1) is 18.1. The van der Waals surface area contributed by atoms with Crippen LogP contribution in [0.1, 0.15) is 63.8 Å². The minimum atomic E-state index is -0.111. The lowest BCUT2D eigenvalue weighted by Crippen LogP contribution is -2.46. The molecule has 0 radical (unpaired) electrons. The number of anilines is 1. The largest absolute Gasteiger partial charge is 0.396 e. The molecule has 1 aliphatic rings. The van der Waals surface area contributed by atoms with Crippen LogP contribution in [0.4, 0.5) is 9.93 Å². The molecule has 0 aliphatic carbocycles. The third kappa shape index (κ3) is 4.20. The topological polar surface area (TPSA) is 78.4 Å². The summed E-state index contributed by atoms with van der Waals surface area (Å²) in [7, 11) is 0. The Labute approximate surface area is 142 Å². The van der Waals surface area contributed by atoms with Gasteiger partial charge in [-0.15, -0.1) is 10.2 Å². The Balaban J connectivity index is 1.91. The molecule has 1 aromatic rings. The summed E-state index contributed by atoms with van der Waals surface area (Å²) in [5, 5.41) is 22.3. The van der Waals surface area contributed by atoms with E-state index in [2.05, 4.69) is 36.3 Å². The van der Waals surface area contributed by atoms with Crippen molar-refractivity contribution in [1.82, 2.24) is 15.1 Å². The van der Waals surface area contributed by atoms with Crippen molar-refractivity contribution in [2.45, 2.75) is 58.8 Å². The molecule has 6 nitrogen and oxygen atoms in total. The maximum Gasteiger partial charge on any atom is 0.323 e. The van der Waals surface area contributed by atoms with Gasteiger partial charge >= 0.3 is 6.03 Å². The number of carbonyl (C=O) groups is 1. The average molecular weight is 340 g/mol. The molecule has 0 spiro atoms. The number of carbonyl (C=O) groups excluding carboxylic acids is 1. The van der Waals surface area contributed by atoms with Crippen molar-refractivity contribution in [2.24, 2.45) is 5.41 Å². The Morgan fingerprint density at radius 1 is 1.30 bits per heavy atom. The molecular formula is C16H28N4O2S. The van der Waals surface area contributed by atoms with Crippen molar-refractivity contribution in [3.05, 3.63) is 5.01 Å². The van der Waals surface area contributed by atoms with Crippen LogP contribution >= 0.6 is 11.3 Å². The summed E-state index contributed by atoms with van der Waals surface area (Å²) in [4.78, 5) is 14.2. The van der Waals surface area contributed by atoms with Gasteiger partial charge in [-0.2, -0.15) is 0 Å². The summed E-state index contributed by atoms with van der Waals surface area (Å²) in [6, 6.07) is -0.111. The lowest BCUT2D eigenvalue weighted by molar-refractivity contribution is 0.0542. The Bertz CT molecular complexity index is 502. The lowest BCUT2D eigenvalue weighted by Gasteiger charge is -2.39. The molecule has 2 rings (SSSR count). The zero-order chi connectivity index (χ0) is 16.9. The maximum atomic E-state index is 12.4. The van der Waals surface area contributed by atoms with Gasteiger partial charge in [-0.3, -0.25) is 5.32 Å². The molecular weight excluding hydrogens is 312 g/mol. The van der Waals surface area contributed by atoms with Crippen LogP contribution in [0.2, 0.25) is 0 Å². The van der Waals surface area contributed by atoms with Gasteiger partial charge in [-0.05, 0) is 37.5 Å². The summed E-state index contributed by atoms with van der Waals surface area (Å²) in [5.74, 6) is 0.419. The van der Waals surface area contributed by atoms with Crippen molar-refractivity contribution in [3.8, 4) is 0 Å². The monoisotopic (exact) mass is 340 g/mol. The van der Waals surface area contributed by atoms with Crippen LogP contribution in [0.15, 0.2) is 0 Å². The molecule has 0 saturated carbocycles. The molecule has 1 aromatic heterocycles. The maximum absolute atomic E-state index is 12.4. The second-order valence-corrected chi connectivity index (χ2v) is 7.40. The summed E-state index contributed by atoms with van der Waals surface area (Å²) in [5.41, 5.74) is -0.0117. The highest BCUT2D eigenvalue weighted by atomic mass is 32.1. The molecule has 2 amide bonds. The van der Waals surface area contributed by atoms with Gasteiger partial charge in [0.2, 0.25) is 5.13 Å². The number of piperidine rings is 1. The molecule has 2 N–H and O–H groups in total. The van der Waals surface area contributed by atoms with Gasteiger partial charge in [0.05, 0.1) is 0 Å². The number of nitrogens with zero attached hydrogens (tertiary/aromatic N) is 3. The summed E-state index contributed by atoms with van der Waals surface area (Å²) in [6.07, 6.45) is 4.72. The second kappa shape index (κ2) is 8.06. The summed E-state index contributed by atoms with van der Waals surface area (Å²) in [6.45, 7) is 7.95. The summed E-state index contributed by atoms with van der Waals surface area (Å²) >= 11 is 1.47. The number of urea groups is 1. The van der Waals surface area contributed by atoms with E-state index in [-0.39, 0.29) is 18.1 Å². The number of aliphatic hydroxyl groups excluding tert-OH is 1. The fourth-order valence-corrected chi connectivity index (χ4v) is 4.07. The number of aliphatic hydroxyl groups is 1. The van der Waals surface area contributed by atoms with E-state index >= 15 is 0 Å². The highest BCUT2D eigenvalue weighted by Gasteiger charge is 2.34. The van der Waals surface area contributed by atoms with Crippen LogP contribution in [-0.4, -0.2) is 45.9 Å². The molecule has 1 saturated heterocycles. The van der Waals surface area contributed by atoms with E-state index < -0.39 is 0 Å². The third-order valence-corrected chi connectivity index (χ3v) is 6.19. The predicted octanol–water partition coefficient (Wildman–Crippen LogP) is 3.46. The SMILES string of the molecule is CCC(CC)c1nnc(NC(=O)N2CCC(CC)(CO)CC2)s1. The van der Waals surface area contributed by atoms with Crippen molar-refractivity contribution < 1.29 is 9.90 Å².